The summed E-state index contributed by atoms with van der Waals surface area (Å²) in [6.45, 7) is 1.08. The fourth-order valence-corrected chi connectivity index (χ4v) is 3.79. The summed E-state index contributed by atoms with van der Waals surface area (Å²) in [5.41, 5.74) is 1.11. The minimum atomic E-state index is -1.02. The van der Waals surface area contributed by atoms with Crippen molar-refractivity contribution < 1.29 is 28.6 Å². The number of hydrogen-bond donors (Lipinski definition) is 1. The number of nitrogens with one attached hydrogen (secondary N) is 1. The van der Waals surface area contributed by atoms with E-state index in [0.29, 0.717) is 22.2 Å². The summed E-state index contributed by atoms with van der Waals surface area (Å²) in [5, 5.41) is 6.98. The molecule has 0 saturated carbocycles. The predicted molar refractivity (Wildman–Crippen MR) is 122 cm³/mol. The summed E-state index contributed by atoms with van der Waals surface area (Å²) >= 11 is 12.5. The van der Waals surface area contributed by atoms with Gasteiger partial charge in [0.25, 0.3) is 11.8 Å². The van der Waals surface area contributed by atoms with Crippen molar-refractivity contribution in [2.75, 3.05) is 13.2 Å². The quantitative estimate of drug-likeness (QED) is 0.514. The molecular formula is C23H19Cl2N3O6. The summed E-state index contributed by atoms with van der Waals surface area (Å²) in [5.74, 6) is -1.47. The number of amides is 2. The molecule has 9 nitrogen and oxygen atoms in total. The molecule has 2 aromatic carbocycles. The van der Waals surface area contributed by atoms with E-state index in [0.717, 1.165) is 5.56 Å². The zero-order valence-corrected chi connectivity index (χ0v) is 19.4. The lowest BCUT2D eigenvalue weighted by Gasteiger charge is -2.25. The molecule has 2 amide bonds. The van der Waals surface area contributed by atoms with E-state index < -0.39 is 30.5 Å². The third-order valence-electron chi connectivity index (χ3n) is 4.95. The van der Waals surface area contributed by atoms with Crippen LogP contribution >= 0.6 is 23.2 Å². The fourth-order valence-electron chi connectivity index (χ4n) is 3.28. The third-order valence-corrected chi connectivity index (χ3v) is 5.70. The highest BCUT2D eigenvalue weighted by Crippen LogP contribution is 2.31. The van der Waals surface area contributed by atoms with Crippen LogP contribution in [0.2, 0.25) is 10.2 Å². The maximum Gasteiger partial charge on any atom is 0.343 e. The normalized spacial score (nSPS) is 14.4. The van der Waals surface area contributed by atoms with Crippen molar-refractivity contribution in [1.82, 2.24) is 15.1 Å². The Morgan fingerprint density at radius 1 is 1.12 bits per heavy atom. The van der Waals surface area contributed by atoms with Gasteiger partial charge in [0, 0.05) is 5.02 Å². The van der Waals surface area contributed by atoms with Crippen molar-refractivity contribution >= 4 is 41.0 Å². The van der Waals surface area contributed by atoms with Crippen LogP contribution < -0.4 is 14.8 Å². The molecule has 2 heterocycles. The highest BCUT2D eigenvalue weighted by molar-refractivity contribution is 6.33. The number of para-hydroxylation sites is 2. The first-order chi connectivity index (χ1) is 16.3. The summed E-state index contributed by atoms with van der Waals surface area (Å²) < 4.78 is 17.5. The average molecular weight is 504 g/mol. The van der Waals surface area contributed by atoms with Crippen LogP contribution in [-0.2, 0) is 20.9 Å². The van der Waals surface area contributed by atoms with E-state index in [1.807, 2.05) is 12.1 Å². The summed E-state index contributed by atoms with van der Waals surface area (Å²) in [7, 11) is 0. The number of aromatic nitrogens is 2. The highest BCUT2D eigenvalue weighted by atomic mass is 35.5. The van der Waals surface area contributed by atoms with Gasteiger partial charge in [-0.15, -0.1) is 0 Å². The molecule has 1 aliphatic rings. The fraction of sp³-hybridized carbons (Fsp3) is 0.217. The topological polar surface area (TPSA) is 109 Å². The van der Waals surface area contributed by atoms with E-state index >= 15 is 0 Å². The molecule has 11 heteroatoms. The Morgan fingerprint density at radius 3 is 2.59 bits per heavy atom. The summed E-state index contributed by atoms with van der Waals surface area (Å²) in [6.07, 6.45) is -1.02. The number of fused-ring (bicyclic) bond motifs is 1. The molecule has 0 spiro atoms. The molecule has 1 atom stereocenters. The number of ether oxygens (including phenoxy) is 3. The Morgan fingerprint density at radius 2 is 1.82 bits per heavy atom. The van der Waals surface area contributed by atoms with Crippen LogP contribution in [0.1, 0.15) is 21.6 Å². The molecule has 0 saturated heterocycles. The number of hydrogen-bond acceptors (Lipinski definition) is 7. The first kappa shape index (κ1) is 23.6. The molecular weight excluding hydrogens is 485 g/mol. The molecule has 0 radical (unpaired) electrons. The molecule has 176 valence electrons. The Bertz CT molecular complexity index is 1260. The first-order valence-electron chi connectivity index (χ1n) is 10.2. The molecule has 34 heavy (non-hydrogen) atoms. The van der Waals surface area contributed by atoms with Crippen LogP contribution in [0.25, 0.3) is 0 Å². The highest BCUT2D eigenvalue weighted by Gasteiger charge is 2.29. The third kappa shape index (κ3) is 5.16. The lowest BCUT2D eigenvalue weighted by molar-refractivity contribution is -0.137. The van der Waals surface area contributed by atoms with Gasteiger partial charge in [-0.25, -0.2) is 9.48 Å². The number of aryl methyl sites for hydroxylation is 1. The Labute approximate surface area is 204 Å². The monoisotopic (exact) mass is 503 g/mol. The maximum atomic E-state index is 12.6. The lowest BCUT2D eigenvalue weighted by atomic mass is 10.2. The van der Waals surface area contributed by atoms with Gasteiger partial charge in [0.05, 0.1) is 12.2 Å². The number of imide groups is 1. The standard InChI is InChI=1S/C23H19Cl2N3O6/c1-13-20(21(25)28(27-13)10-14-6-2-3-7-15(14)24)23(31)33-12-19(29)26-22(30)18-11-32-16-8-4-5-9-17(16)34-18/h2-9,18H,10-12H2,1H3,(H,26,29,30)/t18-/m1/s1. The Balaban J connectivity index is 1.33. The van der Waals surface area contributed by atoms with E-state index in [4.69, 9.17) is 37.4 Å². The molecule has 0 aliphatic carbocycles. The van der Waals surface area contributed by atoms with Crippen LogP contribution in [0, 0.1) is 6.92 Å². The average Bonchev–Trinajstić information content (AvgIpc) is 3.11. The molecule has 0 fully saturated rings. The van der Waals surface area contributed by atoms with Gasteiger partial charge in [-0.3, -0.25) is 14.9 Å². The number of benzene rings is 2. The van der Waals surface area contributed by atoms with E-state index in [-0.39, 0.29) is 23.9 Å². The number of esters is 1. The lowest BCUT2D eigenvalue weighted by Crippen LogP contribution is -2.47. The van der Waals surface area contributed by atoms with Crippen LogP contribution in [0.3, 0.4) is 0 Å². The van der Waals surface area contributed by atoms with Gasteiger partial charge >= 0.3 is 5.97 Å². The van der Waals surface area contributed by atoms with E-state index in [1.165, 1.54) is 4.68 Å². The molecule has 1 aliphatic heterocycles. The van der Waals surface area contributed by atoms with Crippen LogP contribution in [0.5, 0.6) is 11.5 Å². The van der Waals surface area contributed by atoms with Crippen molar-refractivity contribution in [3.05, 3.63) is 75.5 Å². The van der Waals surface area contributed by atoms with E-state index in [2.05, 4.69) is 10.4 Å². The second-order valence-electron chi connectivity index (χ2n) is 7.35. The van der Waals surface area contributed by atoms with Crippen molar-refractivity contribution in [2.45, 2.75) is 19.6 Å². The van der Waals surface area contributed by atoms with E-state index in [1.54, 1.807) is 43.3 Å². The van der Waals surface area contributed by atoms with E-state index in [9.17, 15) is 14.4 Å². The number of rotatable bonds is 6. The largest absolute Gasteiger partial charge is 0.485 e. The van der Waals surface area contributed by atoms with Gasteiger partial charge in [0.2, 0.25) is 6.10 Å². The van der Waals surface area contributed by atoms with Gasteiger partial charge in [0.15, 0.2) is 18.1 Å². The number of carbonyl (C=O) groups excluding carboxylic acids is 3. The minimum absolute atomic E-state index is 0.0217. The molecule has 0 bridgehead atoms. The summed E-state index contributed by atoms with van der Waals surface area (Å²) in [6, 6.07) is 14.0. The van der Waals surface area contributed by atoms with Gasteiger partial charge in [0.1, 0.15) is 17.3 Å². The van der Waals surface area contributed by atoms with Gasteiger partial charge in [-0.05, 0) is 30.7 Å². The number of carbonyl (C=O) groups is 3. The Kier molecular flexibility index (Phi) is 7.04. The Hall–Kier alpha value is -3.56. The molecule has 1 aromatic heterocycles. The first-order valence-corrected chi connectivity index (χ1v) is 10.9. The molecule has 3 aromatic rings. The van der Waals surface area contributed by atoms with Crippen molar-refractivity contribution in [1.29, 1.82) is 0 Å². The predicted octanol–water partition coefficient (Wildman–Crippen LogP) is 3.19. The van der Waals surface area contributed by atoms with Crippen LogP contribution in [0.4, 0.5) is 0 Å². The second kappa shape index (κ2) is 10.1. The second-order valence-corrected chi connectivity index (χ2v) is 8.12. The smallest absolute Gasteiger partial charge is 0.343 e. The number of halogens is 2. The molecule has 1 N–H and O–H groups in total. The van der Waals surface area contributed by atoms with Gasteiger partial charge in [-0.2, -0.15) is 5.10 Å². The van der Waals surface area contributed by atoms with Crippen LogP contribution in [-0.4, -0.2) is 46.9 Å². The maximum absolute atomic E-state index is 12.6. The van der Waals surface area contributed by atoms with Crippen LogP contribution in [0.15, 0.2) is 48.5 Å². The minimum Gasteiger partial charge on any atom is -0.485 e. The van der Waals surface area contributed by atoms with Crippen molar-refractivity contribution in [3.63, 3.8) is 0 Å². The molecule has 4 rings (SSSR count). The van der Waals surface area contributed by atoms with Gasteiger partial charge in [-0.1, -0.05) is 53.5 Å². The zero-order chi connectivity index (χ0) is 24.2. The van der Waals surface area contributed by atoms with Crippen molar-refractivity contribution in [2.24, 2.45) is 0 Å². The molecule has 0 unspecified atom stereocenters. The SMILES string of the molecule is Cc1nn(Cc2ccccc2Cl)c(Cl)c1C(=O)OCC(=O)NC(=O)[C@H]1COc2ccccc2O1. The summed E-state index contributed by atoms with van der Waals surface area (Å²) in [4.78, 5) is 37.0. The van der Waals surface area contributed by atoms with Crippen molar-refractivity contribution in [3.8, 4) is 11.5 Å². The number of nitrogens with zero attached hydrogens (tertiary/aromatic N) is 2. The zero-order valence-electron chi connectivity index (χ0n) is 17.9. The van der Waals surface area contributed by atoms with Gasteiger partial charge < -0.3 is 14.2 Å².